The first kappa shape index (κ1) is 17.4. The zero-order valence-corrected chi connectivity index (χ0v) is 11.7. The second-order valence-corrected chi connectivity index (χ2v) is 4.62. The molecule has 0 bridgehead atoms. The highest BCUT2D eigenvalue weighted by Gasteiger charge is 1.96. The molecule has 0 saturated carbocycles. The largest absolute Gasteiger partial charge is 0.481 e. The molecule has 0 radical (unpaired) electrons. The zero-order valence-electron chi connectivity index (χ0n) is 11.7. The number of carboxylic acids is 1. The average Bonchev–Trinajstić information content (AvgIpc) is 2.34. The van der Waals surface area contributed by atoms with Crippen molar-refractivity contribution in [2.75, 3.05) is 13.2 Å². The normalized spacial score (nSPS) is 10.7. The molecule has 0 saturated heterocycles. The molecule has 0 aliphatic rings. The van der Waals surface area contributed by atoms with E-state index in [9.17, 15) is 4.79 Å². The van der Waals surface area contributed by atoms with E-state index >= 15 is 0 Å². The van der Waals surface area contributed by atoms with Crippen molar-refractivity contribution in [2.45, 2.75) is 71.1 Å². The van der Waals surface area contributed by atoms with Crippen molar-refractivity contribution in [1.29, 1.82) is 0 Å². The third-order valence-electron chi connectivity index (χ3n) is 2.78. The van der Waals surface area contributed by atoms with Crippen molar-refractivity contribution < 1.29 is 19.7 Å². The molecule has 0 heterocycles. The molecule has 108 valence electrons. The molecule has 0 aromatic carbocycles. The minimum atomic E-state index is -0.685. The molecular formula is C14H28O4. The summed E-state index contributed by atoms with van der Waals surface area (Å²) in [5.41, 5.74) is 0. The van der Waals surface area contributed by atoms with Crippen molar-refractivity contribution in [2.24, 2.45) is 0 Å². The van der Waals surface area contributed by atoms with Gasteiger partial charge in [-0.05, 0) is 19.3 Å². The van der Waals surface area contributed by atoms with Gasteiger partial charge in [0.05, 0.1) is 13.2 Å². The van der Waals surface area contributed by atoms with Gasteiger partial charge in [-0.1, -0.05) is 45.4 Å². The van der Waals surface area contributed by atoms with E-state index in [-0.39, 0.29) is 0 Å². The van der Waals surface area contributed by atoms with Crippen LogP contribution in [0.25, 0.3) is 0 Å². The quantitative estimate of drug-likeness (QED) is 0.292. The van der Waals surface area contributed by atoms with E-state index in [0.29, 0.717) is 19.6 Å². The maximum Gasteiger partial charge on any atom is 0.303 e. The highest BCUT2D eigenvalue weighted by Crippen LogP contribution is 2.08. The molecule has 0 spiro atoms. The van der Waals surface area contributed by atoms with Crippen LogP contribution in [0.5, 0.6) is 0 Å². The highest BCUT2D eigenvalue weighted by atomic mass is 17.2. The van der Waals surface area contributed by atoms with Gasteiger partial charge in [0, 0.05) is 6.42 Å². The summed E-state index contributed by atoms with van der Waals surface area (Å²) in [6.45, 7) is 3.50. The summed E-state index contributed by atoms with van der Waals surface area (Å²) in [5, 5.41) is 8.46. The van der Waals surface area contributed by atoms with Crippen LogP contribution in [-0.2, 0) is 14.6 Å². The van der Waals surface area contributed by atoms with Crippen LogP contribution in [-0.4, -0.2) is 24.3 Å². The molecular weight excluding hydrogens is 232 g/mol. The second kappa shape index (κ2) is 14.5. The average molecular weight is 260 g/mol. The van der Waals surface area contributed by atoms with Crippen LogP contribution in [0.3, 0.4) is 0 Å². The first-order valence-electron chi connectivity index (χ1n) is 7.23. The number of carboxylic acid groups (broad SMARTS) is 1. The summed E-state index contributed by atoms with van der Waals surface area (Å²) < 4.78 is 0. The fraction of sp³-hybridized carbons (Fsp3) is 0.929. The molecule has 0 aromatic rings. The summed E-state index contributed by atoms with van der Waals surface area (Å²) in [7, 11) is 0. The molecule has 0 amide bonds. The lowest BCUT2D eigenvalue weighted by molar-refractivity contribution is -0.295. The highest BCUT2D eigenvalue weighted by molar-refractivity contribution is 5.66. The summed E-state index contributed by atoms with van der Waals surface area (Å²) in [5.74, 6) is -0.685. The van der Waals surface area contributed by atoms with Gasteiger partial charge in [0.15, 0.2) is 0 Å². The molecule has 1 N–H and O–H groups in total. The van der Waals surface area contributed by atoms with Crippen LogP contribution in [0.2, 0.25) is 0 Å². The van der Waals surface area contributed by atoms with Gasteiger partial charge in [-0.3, -0.25) is 4.79 Å². The van der Waals surface area contributed by atoms with Gasteiger partial charge in [0.1, 0.15) is 0 Å². The summed E-state index contributed by atoms with van der Waals surface area (Å²) in [6, 6.07) is 0. The van der Waals surface area contributed by atoms with Crippen LogP contribution in [0.1, 0.15) is 71.1 Å². The Kier molecular flexibility index (Phi) is 14.0. The maximum absolute atomic E-state index is 10.3. The molecule has 0 rings (SSSR count). The van der Waals surface area contributed by atoms with E-state index < -0.39 is 5.97 Å². The van der Waals surface area contributed by atoms with Gasteiger partial charge < -0.3 is 5.11 Å². The number of rotatable bonds is 14. The first-order valence-corrected chi connectivity index (χ1v) is 7.23. The Morgan fingerprint density at radius 1 is 0.833 bits per heavy atom. The zero-order chi connectivity index (χ0) is 13.5. The molecule has 0 unspecified atom stereocenters. The first-order chi connectivity index (χ1) is 8.77. The maximum atomic E-state index is 10.3. The second-order valence-electron chi connectivity index (χ2n) is 4.62. The summed E-state index contributed by atoms with van der Waals surface area (Å²) in [4.78, 5) is 20.3. The Morgan fingerprint density at radius 2 is 1.33 bits per heavy atom. The standard InChI is InChI=1S/C14H28O4/c1-2-3-12-17-18-13-10-8-6-4-5-7-9-11-14(15)16/h2-13H2,1H3,(H,15,16). The van der Waals surface area contributed by atoms with Crippen molar-refractivity contribution >= 4 is 5.97 Å². The molecule has 0 atom stereocenters. The Labute approximate surface area is 111 Å². The fourth-order valence-corrected chi connectivity index (χ4v) is 1.64. The van der Waals surface area contributed by atoms with E-state index in [2.05, 4.69) is 6.92 Å². The number of unbranched alkanes of at least 4 members (excludes halogenated alkanes) is 7. The van der Waals surface area contributed by atoms with Gasteiger partial charge in [0.2, 0.25) is 0 Å². The van der Waals surface area contributed by atoms with E-state index in [0.717, 1.165) is 44.9 Å². The number of carbonyl (C=O) groups is 1. The van der Waals surface area contributed by atoms with Gasteiger partial charge in [-0.15, -0.1) is 0 Å². The van der Waals surface area contributed by atoms with Gasteiger partial charge in [-0.25, -0.2) is 9.78 Å². The lowest BCUT2D eigenvalue weighted by atomic mass is 10.1. The van der Waals surface area contributed by atoms with Gasteiger partial charge in [0.25, 0.3) is 0 Å². The predicted octanol–water partition coefficient (Wildman–Crippen LogP) is 3.94. The molecule has 0 aliphatic carbocycles. The van der Waals surface area contributed by atoms with Crippen LogP contribution in [0, 0.1) is 0 Å². The SMILES string of the molecule is CCCCOOCCCCCCCCCC(=O)O. The third kappa shape index (κ3) is 15.4. The summed E-state index contributed by atoms with van der Waals surface area (Å²) >= 11 is 0. The van der Waals surface area contributed by atoms with E-state index in [1.807, 2.05) is 0 Å². The monoisotopic (exact) mass is 260 g/mol. The molecule has 18 heavy (non-hydrogen) atoms. The predicted molar refractivity (Wildman–Crippen MR) is 71.4 cm³/mol. The van der Waals surface area contributed by atoms with Gasteiger partial charge >= 0.3 is 5.97 Å². The number of hydrogen-bond acceptors (Lipinski definition) is 3. The van der Waals surface area contributed by atoms with Crippen molar-refractivity contribution in [3.63, 3.8) is 0 Å². The molecule has 0 aliphatic heterocycles. The number of hydrogen-bond donors (Lipinski definition) is 1. The Hall–Kier alpha value is -0.610. The Balaban J connectivity index is 2.92. The minimum absolute atomic E-state index is 0.308. The van der Waals surface area contributed by atoms with Crippen LogP contribution < -0.4 is 0 Å². The number of aliphatic carboxylic acids is 1. The van der Waals surface area contributed by atoms with Crippen molar-refractivity contribution in [3.8, 4) is 0 Å². The Bertz CT molecular complexity index is 183. The minimum Gasteiger partial charge on any atom is -0.481 e. The molecule has 0 fully saturated rings. The van der Waals surface area contributed by atoms with E-state index in [1.165, 1.54) is 12.8 Å². The molecule has 4 nitrogen and oxygen atoms in total. The van der Waals surface area contributed by atoms with Crippen molar-refractivity contribution in [1.82, 2.24) is 0 Å². The van der Waals surface area contributed by atoms with E-state index in [4.69, 9.17) is 14.9 Å². The lowest BCUT2D eigenvalue weighted by Crippen LogP contribution is -1.98. The van der Waals surface area contributed by atoms with Crippen LogP contribution in [0.15, 0.2) is 0 Å². The third-order valence-corrected chi connectivity index (χ3v) is 2.78. The summed E-state index contributed by atoms with van der Waals surface area (Å²) in [6.07, 6.45) is 10.1. The van der Waals surface area contributed by atoms with Crippen molar-refractivity contribution in [3.05, 3.63) is 0 Å². The van der Waals surface area contributed by atoms with Crippen LogP contribution >= 0.6 is 0 Å². The fourth-order valence-electron chi connectivity index (χ4n) is 1.64. The Morgan fingerprint density at radius 3 is 1.89 bits per heavy atom. The lowest BCUT2D eigenvalue weighted by Gasteiger charge is -2.03. The van der Waals surface area contributed by atoms with Gasteiger partial charge in [-0.2, -0.15) is 0 Å². The topological polar surface area (TPSA) is 55.8 Å². The molecule has 0 aromatic heterocycles. The van der Waals surface area contributed by atoms with Crippen LogP contribution in [0.4, 0.5) is 0 Å². The molecule has 4 heteroatoms. The van der Waals surface area contributed by atoms with E-state index in [1.54, 1.807) is 0 Å². The smallest absolute Gasteiger partial charge is 0.303 e.